The molecule has 1 aromatic heterocycles. The van der Waals surface area contributed by atoms with E-state index in [4.69, 9.17) is 5.73 Å². The Bertz CT molecular complexity index is 564. The lowest BCUT2D eigenvalue weighted by atomic mass is 9.75. The molecule has 5 nitrogen and oxygen atoms in total. The Morgan fingerprint density at radius 2 is 2.16 bits per heavy atom. The van der Waals surface area contributed by atoms with E-state index in [0.717, 1.165) is 30.8 Å². The summed E-state index contributed by atoms with van der Waals surface area (Å²) >= 11 is 1.13. The predicted molar refractivity (Wildman–Crippen MR) is 79.3 cm³/mol. The highest BCUT2D eigenvalue weighted by molar-refractivity contribution is 7.91. The summed E-state index contributed by atoms with van der Waals surface area (Å²) < 4.78 is 27.5. The molecule has 1 heterocycles. The number of aromatic nitrogens is 1. The van der Waals surface area contributed by atoms with Gasteiger partial charge in [0.05, 0.1) is 0 Å². The van der Waals surface area contributed by atoms with E-state index >= 15 is 0 Å². The zero-order valence-electron chi connectivity index (χ0n) is 11.6. The van der Waals surface area contributed by atoms with Crippen molar-refractivity contribution in [3.05, 3.63) is 0 Å². The molecule has 19 heavy (non-hydrogen) atoms. The van der Waals surface area contributed by atoms with Crippen LogP contribution in [0, 0.1) is 5.41 Å². The van der Waals surface area contributed by atoms with Crippen LogP contribution < -0.4 is 11.1 Å². The second-order valence-electron chi connectivity index (χ2n) is 6.10. The minimum Gasteiger partial charge on any atom is -0.382 e. The summed E-state index contributed by atoms with van der Waals surface area (Å²) in [7, 11) is -3.34. The number of nitrogen functional groups attached to an aromatic ring is 1. The molecular formula is C12H21N3O2S2. The monoisotopic (exact) mass is 303 g/mol. The van der Waals surface area contributed by atoms with Gasteiger partial charge in [-0.05, 0) is 36.2 Å². The summed E-state index contributed by atoms with van der Waals surface area (Å²) in [4.78, 5) is 0.154. The molecule has 0 aromatic carbocycles. The van der Waals surface area contributed by atoms with Gasteiger partial charge in [-0.2, -0.15) is 4.37 Å². The van der Waals surface area contributed by atoms with Crippen LogP contribution in [-0.4, -0.2) is 25.1 Å². The van der Waals surface area contributed by atoms with Gasteiger partial charge < -0.3 is 11.1 Å². The van der Waals surface area contributed by atoms with Gasteiger partial charge in [0.1, 0.15) is 9.90 Å². The van der Waals surface area contributed by atoms with Crippen molar-refractivity contribution in [1.29, 1.82) is 0 Å². The average molecular weight is 303 g/mol. The van der Waals surface area contributed by atoms with Gasteiger partial charge in [0.25, 0.3) is 0 Å². The molecule has 0 radical (unpaired) electrons. The van der Waals surface area contributed by atoms with Crippen molar-refractivity contribution in [1.82, 2.24) is 4.37 Å². The van der Waals surface area contributed by atoms with E-state index in [2.05, 4.69) is 23.5 Å². The van der Waals surface area contributed by atoms with E-state index in [-0.39, 0.29) is 10.7 Å². The Balaban J connectivity index is 2.21. The third kappa shape index (κ3) is 3.39. The van der Waals surface area contributed by atoms with Crippen LogP contribution in [-0.2, 0) is 9.84 Å². The molecule has 108 valence electrons. The van der Waals surface area contributed by atoms with Crippen molar-refractivity contribution in [3.8, 4) is 0 Å². The second-order valence-corrected chi connectivity index (χ2v) is 8.83. The van der Waals surface area contributed by atoms with Gasteiger partial charge in [-0.1, -0.05) is 20.3 Å². The van der Waals surface area contributed by atoms with Gasteiger partial charge in [-0.3, -0.25) is 0 Å². The minimum absolute atomic E-state index is 0.102. The van der Waals surface area contributed by atoms with Crippen molar-refractivity contribution in [2.24, 2.45) is 5.41 Å². The average Bonchev–Trinajstić information content (AvgIpc) is 2.57. The van der Waals surface area contributed by atoms with Gasteiger partial charge in [-0.25, -0.2) is 8.42 Å². The van der Waals surface area contributed by atoms with Crippen LogP contribution in [0.3, 0.4) is 0 Å². The first-order valence-electron chi connectivity index (χ1n) is 6.41. The maximum atomic E-state index is 11.8. The third-order valence-corrected chi connectivity index (χ3v) is 5.66. The molecule has 1 atom stereocenters. The van der Waals surface area contributed by atoms with Crippen LogP contribution in [0.2, 0.25) is 0 Å². The number of hydrogen-bond donors (Lipinski definition) is 2. The number of rotatable bonds is 3. The van der Waals surface area contributed by atoms with Crippen LogP contribution in [0.4, 0.5) is 10.8 Å². The molecule has 0 aliphatic heterocycles. The van der Waals surface area contributed by atoms with E-state index in [1.807, 2.05) is 0 Å². The summed E-state index contributed by atoms with van der Waals surface area (Å²) in [5, 5.41) is 3.92. The molecule has 1 unspecified atom stereocenters. The molecule has 1 aromatic rings. The molecule has 0 spiro atoms. The molecule has 0 amide bonds. The van der Waals surface area contributed by atoms with Gasteiger partial charge in [0, 0.05) is 12.3 Å². The van der Waals surface area contributed by atoms with Crippen molar-refractivity contribution in [2.75, 3.05) is 17.3 Å². The SMILES string of the molecule is CC1(C)CCCC(Nc2snc(N)c2S(C)(=O)=O)C1. The maximum absolute atomic E-state index is 11.8. The summed E-state index contributed by atoms with van der Waals surface area (Å²) in [5.41, 5.74) is 5.97. The van der Waals surface area contributed by atoms with Gasteiger partial charge in [-0.15, -0.1) is 0 Å². The smallest absolute Gasteiger partial charge is 0.182 e. The van der Waals surface area contributed by atoms with E-state index in [9.17, 15) is 8.42 Å². The van der Waals surface area contributed by atoms with E-state index in [0.29, 0.717) is 16.5 Å². The van der Waals surface area contributed by atoms with Crippen LogP contribution >= 0.6 is 11.5 Å². The fraction of sp³-hybridized carbons (Fsp3) is 0.750. The molecule has 1 fully saturated rings. The van der Waals surface area contributed by atoms with Gasteiger partial charge >= 0.3 is 0 Å². The van der Waals surface area contributed by atoms with Gasteiger partial charge in [0.15, 0.2) is 15.7 Å². The van der Waals surface area contributed by atoms with Crippen LogP contribution in [0.25, 0.3) is 0 Å². The summed E-state index contributed by atoms with van der Waals surface area (Å²) in [6.07, 6.45) is 5.64. The first-order valence-corrected chi connectivity index (χ1v) is 9.07. The molecule has 3 N–H and O–H groups in total. The molecule has 7 heteroatoms. The highest BCUT2D eigenvalue weighted by atomic mass is 32.2. The topological polar surface area (TPSA) is 85.1 Å². The van der Waals surface area contributed by atoms with Gasteiger partial charge in [0.2, 0.25) is 0 Å². The number of anilines is 2. The number of sulfone groups is 1. The Kier molecular flexibility index (Phi) is 3.79. The predicted octanol–water partition coefficient (Wildman–Crippen LogP) is 2.51. The van der Waals surface area contributed by atoms with Crippen LogP contribution in [0.15, 0.2) is 4.90 Å². The molecule has 1 saturated carbocycles. The molecule has 1 aliphatic carbocycles. The fourth-order valence-corrected chi connectivity index (χ4v) is 4.88. The first-order chi connectivity index (χ1) is 8.69. The zero-order chi connectivity index (χ0) is 14.3. The third-order valence-electron chi connectivity index (χ3n) is 3.59. The van der Waals surface area contributed by atoms with Crippen molar-refractivity contribution in [2.45, 2.75) is 50.5 Å². The molecule has 0 bridgehead atoms. The lowest BCUT2D eigenvalue weighted by Crippen LogP contribution is -2.31. The van der Waals surface area contributed by atoms with Crippen LogP contribution in [0.5, 0.6) is 0 Å². The Hall–Kier alpha value is -0.820. The second kappa shape index (κ2) is 4.94. The number of nitrogens with two attached hydrogens (primary N) is 1. The standard InChI is InChI=1S/C12H21N3O2S2/c1-12(2)6-4-5-8(7-12)14-11-9(19(3,16)17)10(13)15-18-11/h8,14H,4-7H2,1-3H3,(H2,13,15). The molecular weight excluding hydrogens is 282 g/mol. The van der Waals surface area contributed by atoms with Crippen molar-refractivity contribution >= 4 is 32.2 Å². The van der Waals surface area contributed by atoms with Crippen molar-refractivity contribution in [3.63, 3.8) is 0 Å². The normalized spacial score (nSPS) is 23.2. The quantitative estimate of drug-likeness (QED) is 0.896. The number of nitrogens with zero attached hydrogens (tertiary/aromatic N) is 1. The Labute approximate surface area is 118 Å². The first kappa shape index (κ1) is 14.6. The summed E-state index contributed by atoms with van der Waals surface area (Å²) in [6, 6.07) is 0.295. The van der Waals surface area contributed by atoms with Crippen molar-refractivity contribution < 1.29 is 8.42 Å². The zero-order valence-corrected chi connectivity index (χ0v) is 13.2. The largest absolute Gasteiger partial charge is 0.382 e. The number of nitrogens with one attached hydrogen (secondary N) is 1. The summed E-state index contributed by atoms with van der Waals surface area (Å²) in [6.45, 7) is 4.50. The lowest BCUT2D eigenvalue weighted by molar-refractivity contribution is 0.229. The molecule has 1 aliphatic rings. The molecule has 2 rings (SSSR count). The highest BCUT2D eigenvalue weighted by Crippen LogP contribution is 2.38. The van der Waals surface area contributed by atoms with E-state index in [1.165, 1.54) is 12.7 Å². The Morgan fingerprint density at radius 1 is 1.47 bits per heavy atom. The van der Waals surface area contributed by atoms with E-state index < -0.39 is 9.84 Å². The lowest BCUT2D eigenvalue weighted by Gasteiger charge is -2.35. The van der Waals surface area contributed by atoms with Crippen LogP contribution in [0.1, 0.15) is 39.5 Å². The minimum atomic E-state index is -3.34. The summed E-state index contributed by atoms with van der Waals surface area (Å²) in [5.74, 6) is 0.102. The van der Waals surface area contributed by atoms with E-state index in [1.54, 1.807) is 0 Å². The number of hydrogen-bond acceptors (Lipinski definition) is 6. The Morgan fingerprint density at radius 3 is 2.74 bits per heavy atom. The molecule has 0 saturated heterocycles. The highest BCUT2D eigenvalue weighted by Gasteiger charge is 2.30. The fourth-order valence-electron chi connectivity index (χ4n) is 2.75. The maximum Gasteiger partial charge on any atom is 0.182 e.